The zero-order valence-electron chi connectivity index (χ0n) is 10.8. The Hall–Kier alpha value is -0.0800. The van der Waals surface area contributed by atoms with E-state index in [2.05, 4.69) is 11.8 Å². The third-order valence-corrected chi connectivity index (χ3v) is 4.62. The summed E-state index contributed by atoms with van der Waals surface area (Å²) in [5.41, 5.74) is 6.06. The minimum Gasteiger partial charge on any atom is -0.328 e. The molecule has 16 heavy (non-hydrogen) atoms. The lowest BCUT2D eigenvalue weighted by Gasteiger charge is -2.36. The molecule has 2 N–H and O–H groups in total. The lowest BCUT2D eigenvalue weighted by molar-refractivity contribution is 0.140. The van der Waals surface area contributed by atoms with Gasteiger partial charge < -0.3 is 10.6 Å². The van der Waals surface area contributed by atoms with E-state index in [4.69, 9.17) is 5.73 Å². The van der Waals surface area contributed by atoms with E-state index in [0.29, 0.717) is 6.04 Å². The largest absolute Gasteiger partial charge is 0.328 e. The van der Waals surface area contributed by atoms with Crippen LogP contribution in [0.2, 0.25) is 0 Å². The summed E-state index contributed by atoms with van der Waals surface area (Å²) in [4.78, 5) is 2.69. The van der Waals surface area contributed by atoms with E-state index < -0.39 is 0 Å². The molecule has 1 aliphatic heterocycles. The predicted molar refractivity (Wildman–Crippen MR) is 69.4 cm³/mol. The first-order valence-electron chi connectivity index (χ1n) is 7.26. The Morgan fingerprint density at radius 3 is 2.44 bits per heavy atom. The normalized spacial score (nSPS) is 34.1. The van der Waals surface area contributed by atoms with Crippen molar-refractivity contribution < 1.29 is 0 Å². The molecule has 1 aliphatic carbocycles. The van der Waals surface area contributed by atoms with Gasteiger partial charge in [0.2, 0.25) is 0 Å². The summed E-state index contributed by atoms with van der Waals surface area (Å²) in [5, 5.41) is 0. The van der Waals surface area contributed by atoms with Gasteiger partial charge in [-0.15, -0.1) is 0 Å². The van der Waals surface area contributed by atoms with Gasteiger partial charge in [0, 0.05) is 12.6 Å². The van der Waals surface area contributed by atoms with Gasteiger partial charge >= 0.3 is 0 Å². The molecule has 94 valence electrons. The molecular weight excluding hydrogens is 196 g/mol. The van der Waals surface area contributed by atoms with Crippen LogP contribution in [0.15, 0.2) is 0 Å². The highest BCUT2D eigenvalue weighted by Gasteiger charge is 2.24. The Morgan fingerprint density at radius 1 is 1.06 bits per heavy atom. The van der Waals surface area contributed by atoms with Crippen molar-refractivity contribution in [3.8, 4) is 0 Å². The maximum Gasteiger partial charge on any atom is 0.00419 e. The van der Waals surface area contributed by atoms with Crippen LogP contribution >= 0.6 is 0 Å². The third-order valence-electron chi connectivity index (χ3n) is 4.62. The van der Waals surface area contributed by atoms with Crippen LogP contribution in [0.5, 0.6) is 0 Å². The van der Waals surface area contributed by atoms with Crippen LogP contribution in [0.3, 0.4) is 0 Å². The summed E-state index contributed by atoms with van der Waals surface area (Å²) in [5.74, 6) is 1.90. The number of piperidine rings is 1. The molecule has 2 heteroatoms. The number of nitrogens with zero attached hydrogens (tertiary/aromatic N) is 1. The van der Waals surface area contributed by atoms with E-state index in [0.717, 1.165) is 11.8 Å². The monoisotopic (exact) mass is 224 g/mol. The molecule has 1 saturated heterocycles. The Kier molecular flexibility index (Phi) is 4.66. The summed E-state index contributed by atoms with van der Waals surface area (Å²) in [6, 6.07) is 0.493. The fourth-order valence-electron chi connectivity index (χ4n) is 3.44. The molecule has 2 atom stereocenters. The summed E-state index contributed by atoms with van der Waals surface area (Å²) < 4.78 is 0. The lowest BCUT2D eigenvalue weighted by Crippen LogP contribution is -2.39. The highest BCUT2D eigenvalue weighted by Crippen LogP contribution is 2.26. The Morgan fingerprint density at radius 2 is 1.81 bits per heavy atom. The first-order valence-corrected chi connectivity index (χ1v) is 7.26. The standard InChI is InChI=1S/C14H28N2/c1-2-12-6-8-16(9-7-12)11-13-4-3-5-14(15)10-13/h12-14H,2-11,15H2,1H3. The van der Waals surface area contributed by atoms with Crippen LogP contribution in [0.1, 0.15) is 51.9 Å². The van der Waals surface area contributed by atoms with E-state index in [1.807, 2.05) is 0 Å². The Balaban J connectivity index is 1.69. The number of hydrogen-bond acceptors (Lipinski definition) is 2. The maximum absolute atomic E-state index is 6.06. The van der Waals surface area contributed by atoms with Crippen molar-refractivity contribution >= 4 is 0 Å². The van der Waals surface area contributed by atoms with E-state index in [9.17, 15) is 0 Å². The minimum atomic E-state index is 0.493. The molecule has 0 bridgehead atoms. The predicted octanol–water partition coefficient (Wildman–Crippen LogP) is 2.63. The van der Waals surface area contributed by atoms with E-state index in [1.54, 1.807) is 0 Å². The number of rotatable bonds is 3. The number of nitrogens with two attached hydrogens (primary N) is 1. The van der Waals surface area contributed by atoms with Gasteiger partial charge in [-0.05, 0) is 57.0 Å². The van der Waals surface area contributed by atoms with Crippen molar-refractivity contribution in [3.63, 3.8) is 0 Å². The van der Waals surface area contributed by atoms with Gasteiger partial charge in [0.05, 0.1) is 0 Å². The fraction of sp³-hybridized carbons (Fsp3) is 1.00. The van der Waals surface area contributed by atoms with Crippen molar-refractivity contribution in [3.05, 3.63) is 0 Å². The molecule has 2 aliphatic rings. The Bertz CT molecular complexity index is 197. The number of likely N-dealkylation sites (tertiary alicyclic amines) is 1. The topological polar surface area (TPSA) is 29.3 Å². The molecule has 1 saturated carbocycles. The van der Waals surface area contributed by atoms with Crippen LogP contribution in [-0.2, 0) is 0 Å². The van der Waals surface area contributed by atoms with Gasteiger partial charge in [0.1, 0.15) is 0 Å². The zero-order valence-corrected chi connectivity index (χ0v) is 10.8. The maximum atomic E-state index is 6.06. The average Bonchev–Trinajstić information content (AvgIpc) is 2.30. The minimum absolute atomic E-state index is 0.493. The molecule has 0 radical (unpaired) electrons. The first kappa shape index (κ1) is 12.4. The molecule has 2 fully saturated rings. The highest BCUT2D eigenvalue weighted by molar-refractivity contribution is 4.79. The van der Waals surface area contributed by atoms with Crippen molar-refractivity contribution in [2.75, 3.05) is 19.6 Å². The molecule has 2 nitrogen and oxygen atoms in total. The Labute approximate surface area is 101 Å². The van der Waals surface area contributed by atoms with Crippen molar-refractivity contribution in [2.24, 2.45) is 17.6 Å². The molecule has 0 amide bonds. The first-order chi connectivity index (χ1) is 7.78. The van der Waals surface area contributed by atoms with Crippen LogP contribution in [0.4, 0.5) is 0 Å². The van der Waals surface area contributed by atoms with Gasteiger partial charge in [0.25, 0.3) is 0 Å². The quantitative estimate of drug-likeness (QED) is 0.798. The van der Waals surface area contributed by atoms with Gasteiger partial charge in [0.15, 0.2) is 0 Å². The van der Waals surface area contributed by atoms with Crippen molar-refractivity contribution in [1.82, 2.24) is 4.90 Å². The molecule has 1 heterocycles. The molecule has 0 aromatic heterocycles. The molecule has 2 unspecified atom stereocenters. The second-order valence-corrected chi connectivity index (χ2v) is 5.94. The molecule has 0 aromatic carbocycles. The molecule has 0 aromatic rings. The van der Waals surface area contributed by atoms with E-state index in [-0.39, 0.29) is 0 Å². The number of hydrogen-bond donors (Lipinski definition) is 1. The molecule has 0 spiro atoms. The van der Waals surface area contributed by atoms with Gasteiger partial charge in [-0.2, -0.15) is 0 Å². The van der Waals surface area contributed by atoms with E-state index in [1.165, 1.54) is 64.6 Å². The zero-order chi connectivity index (χ0) is 11.4. The van der Waals surface area contributed by atoms with Crippen molar-refractivity contribution in [2.45, 2.75) is 57.9 Å². The molecular formula is C14H28N2. The van der Waals surface area contributed by atoms with Crippen LogP contribution in [0, 0.1) is 11.8 Å². The van der Waals surface area contributed by atoms with Gasteiger partial charge in [-0.25, -0.2) is 0 Å². The summed E-state index contributed by atoms with van der Waals surface area (Å²) in [6.07, 6.45) is 9.54. The third kappa shape index (κ3) is 3.46. The van der Waals surface area contributed by atoms with Gasteiger partial charge in [-0.1, -0.05) is 19.8 Å². The molecule has 2 rings (SSSR count). The van der Waals surface area contributed by atoms with E-state index >= 15 is 0 Å². The fourth-order valence-corrected chi connectivity index (χ4v) is 3.44. The van der Waals surface area contributed by atoms with Crippen LogP contribution in [0.25, 0.3) is 0 Å². The summed E-state index contributed by atoms with van der Waals surface area (Å²) in [7, 11) is 0. The summed E-state index contributed by atoms with van der Waals surface area (Å²) >= 11 is 0. The second-order valence-electron chi connectivity index (χ2n) is 5.94. The van der Waals surface area contributed by atoms with Crippen LogP contribution in [-0.4, -0.2) is 30.6 Å². The lowest BCUT2D eigenvalue weighted by atomic mass is 9.85. The smallest absolute Gasteiger partial charge is 0.00419 e. The van der Waals surface area contributed by atoms with Crippen molar-refractivity contribution in [1.29, 1.82) is 0 Å². The highest BCUT2D eigenvalue weighted by atomic mass is 15.1. The summed E-state index contributed by atoms with van der Waals surface area (Å²) in [6.45, 7) is 6.33. The van der Waals surface area contributed by atoms with Crippen LogP contribution < -0.4 is 5.73 Å². The second kappa shape index (κ2) is 6.02. The average molecular weight is 224 g/mol. The van der Waals surface area contributed by atoms with Gasteiger partial charge in [-0.3, -0.25) is 0 Å². The SMILES string of the molecule is CCC1CCN(CC2CCCC(N)C2)CC1.